The van der Waals surface area contributed by atoms with E-state index in [0.29, 0.717) is 17.1 Å². The molecule has 3 aromatic rings. The molecule has 2 aromatic heterocycles. The summed E-state index contributed by atoms with van der Waals surface area (Å²) >= 11 is 0. The highest BCUT2D eigenvalue weighted by Crippen LogP contribution is 2.35. The molecule has 0 unspecified atom stereocenters. The van der Waals surface area contributed by atoms with Crippen LogP contribution in [-0.2, 0) is 7.05 Å². The number of hydrogen-bond acceptors (Lipinski definition) is 4. The number of rotatable bonds is 2. The molecule has 0 saturated carbocycles. The fraction of sp³-hybridized carbons (Fsp3) is 0.0714. The lowest BCUT2D eigenvalue weighted by atomic mass is 10.0. The van der Waals surface area contributed by atoms with Crippen molar-refractivity contribution in [3.05, 3.63) is 48.3 Å². The van der Waals surface area contributed by atoms with Gasteiger partial charge < -0.3 is 5.73 Å². The zero-order chi connectivity index (χ0) is 15.0. The molecular formula is C14H11F2N5. The molecule has 0 bridgehead atoms. The van der Waals surface area contributed by atoms with Crippen LogP contribution in [0.1, 0.15) is 0 Å². The number of aryl methyl sites for hydroxylation is 1. The van der Waals surface area contributed by atoms with Crippen LogP contribution in [0.4, 0.5) is 14.6 Å². The van der Waals surface area contributed by atoms with E-state index in [2.05, 4.69) is 15.1 Å². The largest absolute Gasteiger partial charge is 0.383 e. The van der Waals surface area contributed by atoms with Crippen molar-refractivity contribution in [2.75, 3.05) is 5.73 Å². The Morgan fingerprint density at radius 1 is 1.14 bits per heavy atom. The maximum Gasteiger partial charge on any atom is 0.180 e. The highest BCUT2D eigenvalue weighted by molar-refractivity contribution is 5.86. The van der Waals surface area contributed by atoms with Crippen molar-refractivity contribution in [3.63, 3.8) is 0 Å². The molecule has 0 aliphatic rings. The van der Waals surface area contributed by atoms with Crippen LogP contribution < -0.4 is 5.73 Å². The predicted molar refractivity (Wildman–Crippen MR) is 74.0 cm³/mol. The van der Waals surface area contributed by atoms with Crippen molar-refractivity contribution in [1.29, 1.82) is 0 Å². The summed E-state index contributed by atoms with van der Waals surface area (Å²) in [6.45, 7) is 0. The number of nitrogens with two attached hydrogens (primary N) is 1. The van der Waals surface area contributed by atoms with Crippen molar-refractivity contribution in [1.82, 2.24) is 19.7 Å². The van der Waals surface area contributed by atoms with Crippen LogP contribution in [0.3, 0.4) is 0 Å². The van der Waals surface area contributed by atoms with Gasteiger partial charge in [-0.05, 0) is 18.2 Å². The molecule has 5 nitrogen and oxygen atoms in total. The van der Waals surface area contributed by atoms with Crippen LogP contribution in [0, 0.1) is 11.6 Å². The number of benzene rings is 1. The highest BCUT2D eigenvalue weighted by atomic mass is 19.1. The van der Waals surface area contributed by atoms with Crippen LogP contribution in [-0.4, -0.2) is 19.7 Å². The average Bonchev–Trinajstić information content (AvgIpc) is 2.76. The number of nitrogen functional groups attached to an aromatic ring is 1. The van der Waals surface area contributed by atoms with Crippen molar-refractivity contribution in [2.45, 2.75) is 0 Å². The van der Waals surface area contributed by atoms with Gasteiger partial charge in [0, 0.05) is 31.1 Å². The molecule has 7 heteroatoms. The Morgan fingerprint density at radius 3 is 2.52 bits per heavy atom. The predicted octanol–water partition coefficient (Wildman–Crippen LogP) is 2.40. The fourth-order valence-corrected chi connectivity index (χ4v) is 2.07. The Labute approximate surface area is 119 Å². The summed E-state index contributed by atoms with van der Waals surface area (Å²) in [6.07, 6.45) is 3.11. The Bertz CT molecular complexity index is 799. The molecule has 0 aliphatic carbocycles. The smallest absolute Gasteiger partial charge is 0.180 e. The molecule has 0 aliphatic heterocycles. The van der Waals surface area contributed by atoms with Crippen molar-refractivity contribution < 1.29 is 8.78 Å². The van der Waals surface area contributed by atoms with Gasteiger partial charge in [0.15, 0.2) is 5.82 Å². The number of hydrogen-bond donors (Lipinski definition) is 1. The summed E-state index contributed by atoms with van der Waals surface area (Å²) in [5, 5.41) is 4.23. The summed E-state index contributed by atoms with van der Waals surface area (Å²) < 4.78 is 28.5. The van der Waals surface area contributed by atoms with Gasteiger partial charge in [-0.25, -0.2) is 18.7 Å². The molecular weight excluding hydrogens is 276 g/mol. The molecule has 0 atom stereocenters. The minimum Gasteiger partial charge on any atom is -0.383 e. The summed E-state index contributed by atoms with van der Waals surface area (Å²) in [5.41, 5.74) is 6.82. The lowest BCUT2D eigenvalue weighted by molar-refractivity contribution is 0.585. The van der Waals surface area contributed by atoms with E-state index in [1.807, 2.05) is 0 Å². The molecule has 3 rings (SSSR count). The lowest BCUT2D eigenvalue weighted by Gasteiger charge is -2.05. The molecule has 2 N–H and O–H groups in total. The molecule has 0 amide bonds. The quantitative estimate of drug-likeness (QED) is 0.785. The van der Waals surface area contributed by atoms with Gasteiger partial charge in [0.25, 0.3) is 0 Å². The van der Waals surface area contributed by atoms with E-state index in [1.165, 1.54) is 16.8 Å². The number of halogens is 2. The SMILES string of the molecule is Cn1nc(-c2ncccn2)c(-c2ccc(F)cc2F)c1N. The molecule has 21 heavy (non-hydrogen) atoms. The first-order valence-corrected chi connectivity index (χ1v) is 6.13. The van der Waals surface area contributed by atoms with Gasteiger partial charge in [-0.1, -0.05) is 0 Å². The average molecular weight is 287 g/mol. The first-order valence-electron chi connectivity index (χ1n) is 6.13. The van der Waals surface area contributed by atoms with Crippen molar-refractivity contribution >= 4 is 5.82 Å². The minimum atomic E-state index is -0.716. The second-order valence-electron chi connectivity index (χ2n) is 4.43. The summed E-state index contributed by atoms with van der Waals surface area (Å²) in [5.74, 6) is -0.797. The van der Waals surface area contributed by atoms with Gasteiger partial charge in [-0.15, -0.1) is 0 Å². The van der Waals surface area contributed by atoms with E-state index >= 15 is 0 Å². The third kappa shape index (κ3) is 2.22. The van der Waals surface area contributed by atoms with Crippen LogP contribution >= 0.6 is 0 Å². The van der Waals surface area contributed by atoms with Crippen molar-refractivity contribution in [2.24, 2.45) is 7.05 Å². The van der Waals surface area contributed by atoms with E-state index < -0.39 is 11.6 Å². The van der Waals surface area contributed by atoms with Crippen molar-refractivity contribution in [3.8, 4) is 22.6 Å². The Hall–Kier alpha value is -2.83. The molecule has 2 heterocycles. The summed E-state index contributed by atoms with van der Waals surface area (Å²) in [7, 11) is 1.63. The maximum absolute atomic E-state index is 14.0. The van der Waals surface area contributed by atoms with Crippen LogP contribution in [0.15, 0.2) is 36.7 Å². The third-order valence-electron chi connectivity index (χ3n) is 3.07. The summed E-state index contributed by atoms with van der Waals surface area (Å²) in [6, 6.07) is 4.95. The van der Waals surface area contributed by atoms with Gasteiger partial charge >= 0.3 is 0 Å². The van der Waals surface area contributed by atoms with E-state index in [1.54, 1.807) is 25.5 Å². The molecule has 106 valence electrons. The number of anilines is 1. The fourth-order valence-electron chi connectivity index (χ4n) is 2.07. The lowest BCUT2D eigenvalue weighted by Crippen LogP contribution is -1.98. The normalized spacial score (nSPS) is 10.8. The van der Waals surface area contributed by atoms with E-state index in [4.69, 9.17) is 5.73 Å². The van der Waals surface area contributed by atoms with Crippen LogP contribution in [0.2, 0.25) is 0 Å². The number of nitrogens with zero attached hydrogens (tertiary/aromatic N) is 4. The van der Waals surface area contributed by atoms with Gasteiger partial charge in [-0.3, -0.25) is 4.68 Å². The highest BCUT2D eigenvalue weighted by Gasteiger charge is 2.21. The van der Waals surface area contributed by atoms with E-state index in [-0.39, 0.29) is 11.4 Å². The second-order valence-corrected chi connectivity index (χ2v) is 4.43. The Morgan fingerprint density at radius 2 is 1.86 bits per heavy atom. The maximum atomic E-state index is 14.0. The topological polar surface area (TPSA) is 69.6 Å². The molecule has 0 radical (unpaired) electrons. The second kappa shape index (κ2) is 4.93. The third-order valence-corrected chi connectivity index (χ3v) is 3.07. The standard InChI is InChI=1S/C14H11F2N5/c1-21-13(17)11(9-4-3-8(15)7-10(9)16)12(20-21)14-18-5-2-6-19-14/h2-7H,17H2,1H3. The molecule has 0 spiro atoms. The van der Waals surface area contributed by atoms with Gasteiger partial charge in [0.05, 0.1) is 5.56 Å². The molecule has 0 saturated heterocycles. The number of aromatic nitrogens is 4. The molecule has 1 aromatic carbocycles. The Balaban J connectivity index is 2.27. The van der Waals surface area contributed by atoms with Crippen LogP contribution in [0.5, 0.6) is 0 Å². The van der Waals surface area contributed by atoms with Gasteiger partial charge in [-0.2, -0.15) is 5.10 Å². The van der Waals surface area contributed by atoms with E-state index in [9.17, 15) is 8.78 Å². The van der Waals surface area contributed by atoms with Crippen LogP contribution in [0.25, 0.3) is 22.6 Å². The minimum absolute atomic E-state index is 0.157. The Kier molecular flexibility index (Phi) is 3.09. The first-order chi connectivity index (χ1) is 10.1. The monoisotopic (exact) mass is 287 g/mol. The van der Waals surface area contributed by atoms with Gasteiger partial charge in [0.1, 0.15) is 23.1 Å². The van der Waals surface area contributed by atoms with E-state index in [0.717, 1.165) is 6.07 Å². The zero-order valence-electron chi connectivity index (χ0n) is 11.1. The first kappa shape index (κ1) is 13.2. The van der Waals surface area contributed by atoms with Gasteiger partial charge in [0.2, 0.25) is 0 Å². The molecule has 0 fully saturated rings. The summed E-state index contributed by atoms with van der Waals surface area (Å²) in [4.78, 5) is 8.20. The zero-order valence-corrected chi connectivity index (χ0v) is 11.1.